The zero-order valence-corrected chi connectivity index (χ0v) is 9.56. The molecule has 2 nitrogen and oxygen atoms in total. The highest BCUT2D eigenvalue weighted by atomic mass is 35.5. The molecule has 0 aliphatic carbocycles. The first-order chi connectivity index (χ1) is 7.34. The molecule has 0 unspecified atom stereocenters. The maximum atomic E-state index is 5.82. The molecule has 0 radical (unpaired) electrons. The van der Waals surface area contributed by atoms with Gasteiger partial charge in [0.2, 0.25) is 0 Å². The highest BCUT2D eigenvalue weighted by Crippen LogP contribution is 2.09. The monoisotopic (exact) mass is 224 g/mol. The lowest BCUT2D eigenvalue weighted by molar-refractivity contribution is 0.536. The summed E-state index contributed by atoms with van der Waals surface area (Å²) in [5, 5.41) is 7.73. The van der Waals surface area contributed by atoms with Crippen molar-refractivity contribution >= 4 is 11.6 Å². The van der Waals surface area contributed by atoms with Crippen LogP contribution < -0.4 is 10.6 Å². The van der Waals surface area contributed by atoms with Crippen molar-refractivity contribution in [1.82, 2.24) is 10.6 Å². The highest BCUT2D eigenvalue weighted by molar-refractivity contribution is 6.30. The van der Waals surface area contributed by atoms with Crippen LogP contribution in [-0.2, 0) is 6.54 Å². The molecule has 1 aromatic carbocycles. The van der Waals surface area contributed by atoms with Gasteiger partial charge in [0.25, 0.3) is 0 Å². The van der Waals surface area contributed by atoms with E-state index in [0.29, 0.717) is 6.04 Å². The second kappa shape index (κ2) is 5.50. The molecule has 1 saturated heterocycles. The first kappa shape index (κ1) is 10.9. The van der Waals surface area contributed by atoms with Crippen LogP contribution in [0.25, 0.3) is 0 Å². The van der Waals surface area contributed by atoms with Gasteiger partial charge in [-0.15, -0.1) is 0 Å². The smallest absolute Gasteiger partial charge is 0.0406 e. The molecule has 2 N–H and O–H groups in total. The summed E-state index contributed by atoms with van der Waals surface area (Å²) < 4.78 is 0. The Hall–Kier alpha value is -0.570. The van der Waals surface area contributed by atoms with Crippen LogP contribution in [0.3, 0.4) is 0 Å². The lowest BCUT2D eigenvalue weighted by Crippen LogP contribution is -2.33. The molecule has 1 atom stereocenters. The zero-order chi connectivity index (χ0) is 10.5. The Morgan fingerprint density at radius 1 is 1.33 bits per heavy atom. The van der Waals surface area contributed by atoms with E-state index in [9.17, 15) is 0 Å². The van der Waals surface area contributed by atoms with E-state index in [1.54, 1.807) is 0 Å². The van der Waals surface area contributed by atoms with Gasteiger partial charge in [0.05, 0.1) is 0 Å². The van der Waals surface area contributed by atoms with Crippen molar-refractivity contribution in [2.75, 3.05) is 13.1 Å². The molecule has 1 aliphatic heterocycles. The van der Waals surface area contributed by atoms with Gasteiger partial charge in [-0.3, -0.25) is 0 Å². The molecule has 2 rings (SSSR count). The third-order valence-electron chi connectivity index (χ3n) is 2.80. The van der Waals surface area contributed by atoms with Crippen LogP contribution in [0, 0.1) is 0 Å². The van der Waals surface area contributed by atoms with E-state index in [-0.39, 0.29) is 0 Å². The minimum Gasteiger partial charge on any atom is -0.313 e. The van der Waals surface area contributed by atoms with E-state index in [1.807, 2.05) is 12.1 Å². The van der Waals surface area contributed by atoms with Gasteiger partial charge in [0, 0.05) is 24.2 Å². The maximum Gasteiger partial charge on any atom is 0.0406 e. The molecule has 1 aliphatic rings. The average molecular weight is 225 g/mol. The molecule has 0 bridgehead atoms. The SMILES string of the molecule is Clc1ccc(CNC[C@H]2CCCN2)cc1. The summed E-state index contributed by atoms with van der Waals surface area (Å²) in [6, 6.07) is 8.67. The third-order valence-corrected chi connectivity index (χ3v) is 3.05. The van der Waals surface area contributed by atoms with Crippen LogP contribution >= 0.6 is 11.6 Å². The standard InChI is InChI=1S/C12H17ClN2/c13-11-5-3-10(4-6-11)8-14-9-12-2-1-7-15-12/h3-6,12,14-15H,1-2,7-9H2/t12-/m1/s1. The van der Waals surface area contributed by atoms with Crippen LogP contribution in [0.15, 0.2) is 24.3 Å². The number of hydrogen-bond acceptors (Lipinski definition) is 2. The lowest BCUT2D eigenvalue weighted by Gasteiger charge is -2.11. The van der Waals surface area contributed by atoms with E-state index in [4.69, 9.17) is 11.6 Å². The molecule has 3 heteroatoms. The Morgan fingerprint density at radius 3 is 2.80 bits per heavy atom. The molecular formula is C12H17ClN2. The predicted molar refractivity (Wildman–Crippen MR) is 64.2 cm³/mol. The molecule has 0 amide bonds. The summed E-state index contributed by atoms with van der Waals surface area (Å²) in [5.41, 5.74) is 1.29. The van der Waals surface area contributed by atoms with E-state index >= 15 is 0 Å². The molecule has 1 fully saturated rings. The molecule has 1 aromatic rings. The topological polar surface area (TPSA) is 24.1 Å². The van der Waals surface area contributed by atoms with Crippen molar-refractivity contribution in [2.24, 2.45) is 0 Å². The van der Waals surface area contributed by atoms with Gasteiger partial charge in [0.1, 0.15) is 0 Å². The van der Waals surface area contributed by atoms with Gasteiger partial charge >= 0.3 is 0 Å². The number of nitrogens with one attached hydrogen (secondary N) is 2. The summed E-state index contributed by atoms with van der Waals surface area (Å²) >= 11 is 5.82. The minimum absolute atomic E-state index is 0.664. The van der Waals surface area contributed by atoms with Gasteiger partial charge in [0.15, 0.2) is 0 Å². The number of benzene rings is 1. The summed E-state index contributed by atoms with van der Waals surface area (Å²) in [5.74, 6) is 0. The van der Waals surface area contributed by atoms with Crippen LogP contribution in [0.4, 0.5) is 0 Å². The molecule has 15 heavy (non-hydrogen) atoms. The Kier molecular flexibility index (Phi) is 4.01. The summed E-state index contributed by atoms with van der Waals surface area (Å²) in [7, 11) is 0. The van der Waals surface area contributed by atoms with E-state index < -0.39 is 0 Å². The summed E-state index contributed by atoms with van der Waals surface area (Å²) in [6.45, 7) is 3.16. The molecule has 82 valence electrons. The lowest BCUT2D eigenvalue weighted by atomic mass is 10.2. The van der Waals surface area contributed by atoms with Crippen molar-refractivity contribution in [3.63, 3.8) is 0 Å². The van der Waals surface area contributed by atoms with Crippen LogP contribution in [0.5, 0.6) is 0 Å². The van der Waals surface area contributed by atoms with Gasteiger partial charge < -0.3 is 10.6 Å². The van der Waals surface area contributed by atoms with Crippen molar-refractivity contribution in [3.8, 4) is 0 Å². The first-order valence-electron chi connectivity index (χ1n) is 5.53. The van der Waals surface area contributed by atoms with Crippen molar-refractivity contribution < 1.29 is 0 Å². The second-order valence-electron chi connectivity index (χ2n) is 4.05. The van der Waals surface area contributed by atoms with Crippen LogP contribution in [0.1, 0.15) is 18.4 Å². The van der Waals surface area contributed by atoms with Gasteiger partial charge in [-0.05, 0) is 37.1 Å². The Bertz CT molecular complexity index is 291. The fourth-order valence-electron chi connectivity index (χ4n) is 1.92. The fourth-order valence-corrected chi connectivity index (χ4v) is 2.05. The largest absolute Gasteiger partial charge is 0.313 e. The Labute approximate surface area is 96.0 Å². The van der Waals surface area contributed by atoms with Crippen molar-refractivity contribution in [2.45, 2.75) is 25.4 Å². The molecule has 0 spiro atoms. The van der Waals surface area contributed by atoms with E-state index in [2.05, 4.69) is 22.8 Å². The highest BCUT2D eigenvalue weighted by Gasteiger charge is 2.12. The predicted octanol–water partition coefficient (Wildman–Crippen LogP) is 2.18. The number of halogens is 1. The Balaban J connectivity index is 1.71. The minimum atomic E-state index is 0.664. The second-order valence-corrected chi connectivity index (χ2v) is 4.49. The van der Waals surface area contributed by atoms with Gasteiger partial charge in [-0.25, -0.2) is 0 Å². The summed E-state index contributed by atoms with van der Waals surface area (Å²) in [4.78, 5) is 0. The normalized spacial score (nSPS) is 20.7. The van der Waals surface area contributed by atoms with Gasteiger partial charge in [-0.2, -0.15) is 0 Å². The zero-order valence-electron chi connectivity index (χ0n) is 8.80. The van der Waals surface area contributed by atoms with Crippen molar-refractivity contribution in [1.29, 1.82) is 0 Å². The quantitative estimate of drug-likeness (QED) is 0.820. The first-order valence-corrected chi connectivity index (χ1v) is 5.91. The van der Waals surface area contributed by atoms with E-state index in [1.165, 1.54) is 24.9 Å². The van der Waals surface area contributed by atoms with Crippen LogP contribution in [-0.4, -0.2) is 19.1 Å². The molecule has 1 heterocycles. The number of hydrogen-bond donors (Lipinski definition) is 2. The maximum absolute atomic E-state index is 5.82. The molecular weight excluding hydrogens is 208 g/mol. The van der Waals surface area contributed by atoms with Crippen molar-refractivity contribution in [3.05, 3.63) is 34.9 Å². The third kappa shape index (κ3) is 3.49. The fraction of sp³-hybridized carbons (Fsp3) is 0.500. The summed E-state index contributed by atoms with van der Waals surface area (Å²) in [6.07, 6.45) is 2.61. The average Bonchev–Trinajstić information content (AvgIpc) is 2.74. The van der Waals surface area contributed by atoms with Crippen LogP contribution in [0.2, 0.25) is 5.02 Å². The molecule has 0 aromatic heterocycles. The number of rotatable bonds is 4. The van der Waals surface area contributed by atoms with E-state index in [0.717, 1.165) is 18.1 Å². The molecule has 0 saturated carbocycles. The Morgan fingerprint density at radius 2 is 2.13 bits per heavy atom. The van der Waals surface area contributed by atoms with Gasteiger partial charge in [-0.1, -0.05) is 23.7 Å².